The van der Waals surface area contributed by atoms with Crippen LogP contribution in [0, 0.1) is 0 Å². The minimum atomic E-state index is -4.78. The van der Waals surface area contributed by atoms with Crippen LogP contribution < -0.4 is 5.73 Å². The largest absolute Gasteiger partial charge is 0.465 e. The van der Waals surface area contributed by atoms with Gasteiger partial charge in [-0.3, -0.25) is 0 Å². The number of ether oxygens (including phenoxy) is 1. The highest BCUT2D eigenvalue weighted by Crippen LogP contribution is 2.34. The summed E-state index contributed by atoms with van der Waals surface area (Å²) in [4.78, 5) is 11.4. The molecule has 1 aromatic carbocycles. The first-order chi connectivity index (χ1) is 9.36. The SMILES string of the molecule is COC(=O)c1cnn(-c2ccccc2N)c1C(F)(F)F. The van der Waals surface area contributed by atoms with Crippen LogP contribution in [0.4, 0.5) is 18.9 Å². The van der Waals surface area contributed by atoms with Gasteiger partial charge in [0.15, 0.2) is 5.69 Å². The summed E-state index contributed by atoms with van der Waals surface area (Å²) in [6, 6.07) is 5.91. The third-order valence-corrected chi connectivity index (χ3v) is 2.61. The number of benzene rings is 1. The Bertz CT molecular complexity index is 650. The maximum Gasteiger partial charge on any atom is 0.434 e. The fourth-order valence-corrected chi connectivity index (χ4v) is 1.74. The number of para-hydroxylation sites is 2. The van der Waals surface area contributed by atoms with Gasteiger partial charge in [-0.15, -0.1) is 0 Å². The van der Waals surface area contributed by atoms with Gasteiger partial charge in [0.05, 0.1) is 24.7 Å². The highest BCUT2D eigenvalue weighted by Gasteiger charge is 2.41. The Morgan fingerprint density at radius 3 is 2.55 bits per heavy atom. The number of nitrogens with two attached hydrogens (primary N) is 1. The predicted molar refractivity (Wildman–Crippen MR) is 64.3 cm³/mol. The molecule has 0 aliphatic heterocycles. The molecule has 0 fully saturated rings. The molecule has 0 aliphatic carbocycles. The zero-order valence-electron chi connectivity index (χ0n) is 10.3. The third-order valence-electron chi connectivity index (χ3n) is 2.61. The van der Waals surface area contributed by atoms with E-state index in [-0.39, 0.29) is 11.4 Å². The first-order valence-electron chi connectivity index (χ1n) is 5.44. The van der Waals surface area contributed by atoms with Gasteiger partial charge < -0.3 is 10.5 Å². The molecule has 2 aromatic rings. The van der Waals surface area contributed by atoms with Crippen LogP contribution >= 0.6 is 0 Å². The van der Waals surface area contributed by atoms with E-state index in [1.807, 2.05) is 0 Å². The number of aromatic nitrogens is 2. The zero-order valence-corrected chi connectivity index (χ0v) is 10.3. The monoisotopic (exact) mass is 285 g/mol. The van der Waals surface area contributed by atoms with Crippen LogP contribution in [0.1, 0.15) is 16.1 Å². The van der Waals surface area contributed by atoms with E-state index in [0.29, 0.717) is 4.68 Å². The molecular weight excluding hydrogens is 275 g/mol. The molecule has 0 aliphatic rings. The normalized spacial score (nSPS) is 11.4. The third kappa shape index (κ3) is 2.31. The number of hydrogen-bond acceptors (Lipinski definition) is 4. The average Bonchev–Trinajstić information content (AvgIpc) is 2.83. The Hall–Kier alpha value is -2.51. The molecule has 1 aromatic heterocycles. The number of nitrogen functional groups attached to an aromatic ring is 1. The van der Waals surface area contributed by atoms with Crippen molar-refractivity contribution < 1.29 is 22.7 Å². The lowest BCUT2D eigenvalue weighted by Crippen LogP contribution is -2.18. The fourth-order valence-electron chi connectivity index (χ4n) is 1.74. The number of carbonyl (C=O) groups is 1. The molecule has 1 heterocycles. The lowest BCUT2D eigenvalue weighted by molar-refractivity contribution is -0.143. The van der Waals surface area contributed by atoms with Gasteiger partial charge in [0.1, 0.15) is 5.56 Å². The van der Waals surface area contributed by atoms with Gasteiger partial charge in [-0.1, -0.05) is 12.1 Å². The molecule has 0 unspecified atom stereocenters. The molecule has 0 saturated carbocycles. The van der Waals surface area contributed by atoms with Crippen molar-refractivity contribution in [1.29, 1.82) is 0 Å². The maximum absolute atomic E-state index is 13.1. The van der Waals surface area contributed by atoms with Gasteiger partial charge in [-0.05, 0) is 12.1 Å². The number of anilines is 1. The molecule has 5 nitrogen and oxygen atoms in total. The van der Waals surface area contributed by atoms with Gasteiger partial charge in [0.2, 0.25) is 0 Å². The van der Waals surface area contributed by atoms with E-state index in [9.17, 15) is 18.0 Å². The predicted octanol–water partition coefficient (Wildman–Crippen LogP) is 2.26. The summed E-state index contributed by atoms with van der Waals surface area (Å²) in [6.45, 7) is 0. The number of rotatable bonds is 2. The van der Waals surface area contributed by atoms with Crippen LogP contribution in [0.5, 0.6) is 0 Å². The highest BCUT2D eigenvalue weighted by molar-refractivity contribution is 5.90. The van der Waals surface area contributed by atoms with Crippen molar-refractivity contribution in [3.63, 3.8) is 0 Å². The Morgan fingerprint density at radius 2 is 2.00 bits per heavy atom. The number of esters is 1. The van der Waals surface area contributed by atoms with Crippen molar-refractivity contribution >= 4 is 11.7 Å². The van der Waals surface area contributed by atoms with E-state index in [0.717, 1.165) is 13.3 Å². The Labute approximate surface area is 111 Å². The van der Waals surface area contributed by atoms with Crippen LogP contribution in [-0.4, -0.2) is 22.9 Å². The summed E-state index contributed by atoms with van der Waals surface area (Å²) in [5, 5.41) is 3.60. The summed E-state index contributed by atoms with van der Waals surface area (Å²) in [5.41, 5.74) is 3.90. The molecule has 0 saturated heterocycles. The molecule has 2 rings (SSSR count). The number of halogens is 3. The smallest absolute Gasteiger partial charge is 0.434 e. The molecule has 0 radical (unpaired) electrons. The summed E-state index contributed by atoms with van der Waals surface area (Å²) in [5.74, 6) is -1.11. The molecule has 106 valence electrons. The van der Waals surface area contributed by atoms with Crippen molar-refractivity contribution in [2.75, 3.05) is 12.8 Å². The standard InChI is InChI=1S/C12H10F3N3O2/c1-20-11(19)7-6-17-18(10(7)12(13,14)15)9-5-3-2-4-8(9)16/h2-6H,16H2,1H3. The first kappa shape index (κ1) is 13.9. The van der Waals surface area contributed by atoms with Crippen molar-refractivity contribution in [3.05, 3.63) is 41.7 Å². The second kappa shape index (κ2) is 4.87. The van der Waals surface area contributed by atoms with E-state index in [4.69, 9.17) is 5.73 Å². The fraction of sp³-hybridized carbons (Fsp3) is 0.167. The van der Waals surface area contributed by atoms with Gasteiger partial charge in [-0.2, -0.15) is 18.3 Å². The molecule has 8 heteroatoms. The summed E-state index contributed by atoms with van der Waals surface area (Å²) < 4.78 is 44.4. The topological polar surface area (TPSA) is 70.1 Å². The molecule has 0 amide bonds. The van der Waals surface area contributed by atoms with Crippen molar-refractivity contribution in [2.45, 2.75) is 6.18 Å². The number of alkyl halides is 3. The van der Waals surface area contributed by atoms with Crippen LogP contribution in [0.3, 0.4) is 0 Å². The summed E-state index contributed by atoms with van der Waals surface area (Å²) >= 11 is 0. The molecule has 2 N–H and O–H groups in total. The van der Waals surface area contributed by atoms with E-state index in [1.54, 1.807) is 6.07 Å². The Morgan fingerprint density at radius 1 is 1.35 bits per heavy atom. The Kier molecular flexibility index (Phi) is 3.39. The lowest BCUT2D eigenvalue weighted by Gasteiger charge is -2.13. The maximum atomic E-state index is 13.1. The van der Waals surface area contributed by atoms with Crippen LogP contribution in [0.2, 0.25) is 0 Å². The number of carbonyl (C=O) groups excluding carboxylic acids is 1. The lowest BCUT2D eigenvalue weighted by atomic mass is 10.2. The number of hydrogen-bond donors (Lipinski definition) is 1. The molecule has 20 heavy (non-hydrogen) atoms. The Balaban J connectivity index is 2.70. The van der Waals surface area contributed by atoms with Crippen LogP contribution in [0.25, 0.3) is 5.69 Å². The molecule has 0 bridgehead atoms. The second-order valence-electron chi connectivity index (χ2n) is 3.87. The minimum absolute atomic E-state index is 0.0370. The highest BCUT2D eigenvalue weighted by atomic mass is 19.4. The number of nitrogens with zero attached hydrogens (tertiary/aromatic N) is 2. The molecular formula is C12H10F3N3O2. The van der Waals surface area contributed by atoms with E-state index in [2.05, 4.69) is 9.84 Å². The summed E-state index contributed by atoms with van der Waals surface area (Å²) in [6.07, 6.45) is -3.97. The van der Waals surface area contributed by atoms with E-state index >= 15 is 0 Å². The van der Waals surface area contributed by atoms with E-state index in [1.165, 1.54) is 18.2 Å². The van der Waals surface area contributed by atoms with Gasteiger partial charge >= 0.3 is 12.1 Å². The number of methoxy groups -OCH3 is 1. The van der Waals surface area contributed by atoms with Crippen molar-refractivity contribution in [1.82, 2.24) is 9.78 Å². The van der Waals surface area contributed by atoms with Crippen LogP contribution in [-0.2, 0) is 10.9 Å². The molecule has 0 spiro atoms. The van der Waals surface area contributed by atoms with Gasteiger partial charge in [0.25, 0.3) is 0 Å². The minimum Gasteiger partial charge on any atom is -0.465 e. The van der Waals surface area contributed by atoms with Crippen LogP contribution in [0.15, 0.2) is 30.5 Å². The van der Waals surface area contributed by atoms with Crippen molar-refractivity contribution in [3.8, 4) is 5.69 Å². The van der Waals surface area contributed by atoms with Gasteiger partial charge in [-0.25, -0.2) is 9.48 Å². The first-order valence-corrected chi connectivity index (χ1v) is 5.44. The van der Waals surface area contributed by atoms with Crippen molar-refractivity contribution in [2.24, 2.45) is 0 Å². The summed E-state index contributed by atoms with van der Waals surface area (Å²) in [7, 11) is 0.997. The van der Waals surface area contributed by atoms with Gasteiger partial charge in [0, 0.05) is 0 Å². The van der Waals surface area contributed by atoms with E-state index < -0.39 is 23.4 Å². The average molecular weight is 285 g/mol. The zero-order chi connectivity index (χ0) is 14.9. The molecule has 0 atom stereocenters. The second-order valence-corrected chi connectivity index (χ2v) is 3.87. The quantitative estimate of drug-likeness (QED) is 0.678.